The van der Waals surface area contributed by atoms with E-state index in [1.807, 2.05) is 30.3 Å². The minimum absolute atomic E-state index is 0.0620. The van der Waals surface area contributed by atoms with Crippen molar-refractivity contribution < 1.29 is 14.6 Å². The maximum Gasteiger partial charge on any atom is 0.410 e. The Hall–Kier alpha value is -1.81. The molecule has 0 aliphatic carbocycles. The summed E-state index contributed by atoms with van der Waals surface area (Å²) in [6, 6.07) is 9.74. The number of hydrogen-bond donors (Lipinski definition) is 1. The third-order valence-corrected chi connectivity index (χ3v) is 4.05. The van der Waals surface area contributed by atoms with Gasteiger partial charge in [0.1, 0.15) is 6.61 Å². The summed E-state index contributed by atoms with van der Waals surface area (Å²) in [5.74, 6) is 0. The summed E-state index contributed by atoms with van der Waals surface area (Å²) in [6.45, 7) is 4.64. The van der Waals surface area contributed by atoms with Gasteiger partial charge in [-0.25, -0.2) is 4.79 Å². The first-order chi connectivity index (χ1) is 10.7. The van der Waals surface area contributed by atoms with Crippen LogP contribution in [0, 0.1) is 0 Å². The van der Waals surface area contributed by atoms with Gasteiger partial charge in [0.25, 0.3) is 0 Å². The summed E-state index contributed by atoms with van der Waals surface area (Å²) in [5.41, 5.74) is 0.983. The average molecular weight is 303 g/mol. The molecular formula is C18H25NO3. The molecule has 2 rings (SSSR count). The Balaban J connectivity index is 1.88. The Labute approximate surface area is 132 Å². The Bertz CT molecular complexity index is 474. The van der Waals surface area contributed by atoms with Crippen LogP contribution in [0.2, 0.25) is 0 Å². The molecule has 1 aromatic carbocycles. The van der Waals surface area contributed by atoms with Crippen molar-refractivity contribution in [2.45, 2.75) is 50.9 Å². The molecule has 4 nitrogen and oxygen atoms in total. The first kappa shape index (κ1) is 16.6. The van der Waals surface area contributed by atoms with Crippen LogP contribution in [0.25, 0.3) is 0 Å². The van der Waals surface area contributed by atoms with Crippen molar-refractivity contribution in [2.75, 3.05) is 6.54 Å². The van der Waals surface area contributed by atoms with Crippen LogP contribution < -0.4 is 0 Å². The summed E-state index contributed by atoms with van der Waals surface area (Å²) < 4.78 is 5.42. The molecule has 0 bridgehead atoms. The lowest BCUT2D eigenvalue weighted by Crippen LogP contribution is -2.45. The lowest BCUT2D eigenvalue weighted by Gasteiger charge is -2.35. The van der Waals surface area contributed by atoms with E-state index >= 15 is 0 Å². The van der Waals surface area contributed by atoms with Gasteiger partial charge in [0, 0.05) is 12.6 Å². The second-order valence-corrected chi connectivity index (χ2v) is 5.80. The SMILES string of the molecule is C=CC[C@@H](O)C[C@H]1CCCCN1C(=O)OCc1ccccc1. The number of aliphatic hydroxyl groups excluding tert-OH is 1. The maximum atomic E-state index is 12.3. The zero-order valence-corrected chi connectivity index (χ0v) is 13.0. The van der Waals surface area contributed by atoms with Crippen molar-refractivity contribution in [3.8, 4) is 0 Å². The van der Waals surface area contributed by atoms with Crippen molar-refractivity contribution in [2.24, 2.45) is 0 Å². The van der Waals surface area contributed by atoms with Gasteiger partial charge in [-0.15, -0.1) is 6.58 Å². The van der Waals surface area contributed by atoms with Gasteiger partial charge >= 0.3 is 6.09 Å². The largest absolute Gasteiger partial charge is 0.445 e. The Morgan fingerprint density at radius 3 is 2.91 bits per heavy atom. The van der Waals surface area contributed by atoms with Gasteiger partial charge in [0.05, 0.1) is 6.10 Å². The molecule has 1 heterocycles. The summed E-state index contributed by atoms with van der Waals surface area (Å²) in [6.07, 6.45) is 5.16. The number of carbonyl (C=O) groups excluding carboxylic acids is 1. The van der Waals surface area contributed by atoms with Gasteiger partial charge in [-0.1, -0.05) is 36.4 Å². The van der Waals surface area contributed by atoms with Crippen molar-refractivity contribution in [3.63, 3.8) is 0 Å². The standard InChI is InChI=1S/C18H25NO3/c1-2-8-17(20)13-16-11-6-7-12-19(16)18(21)22-14-15-9-4-3-5-10-15/h2-5,9-10,16-17,20H,1,6-8,11-14H2/t16-,17-/m1/s1. The number of hydrogen-bond acceptors (Lipinski definition) is 3. The fourth-order valence-corrected chi connectivity index (χ4v) is 2.89. The summed E-state index contributed by atoms with van der Waals surface area (Å²) in [7, 11) is 0. The van der Waals surface area contributed by atoms with E-state index in [4.69, 9.17) is 4.74 Å². The van der Waals surface area contributed by atoms with Gasteiger partial charge in [-0.05, 0) is 37.7 Å². The molecule has 1 fully saturated rings. The quantitative estimate of drug-likeness (QED) is 0.818. The minimum Gasteiger partial charge on any atom is -0.445 e. The topological polar surface area (TPSA) is 49.8 Å². The highest BCUT2D eigenvalue weighted by atomic mass is 16.6. The molecule has 120 valence electrons. The first-order valence-corrected chi connectivity index (χ1v) is 7.97. The lowest BCUT2D eigenvalue weighted by molar-refractivity contribution is 0.0490. The van der Waals surface area contributed by atoms with Gasteiger partial charge in [0.2, 0.25) is 0 Å². The van der Waals surface area contributed by atoms with E-state index in [9.17, 15) is 9.90 Å². The van der Waals surface area contributed by atoms with Crippen LogP contribution in [0.4, 0.5) is 4.79 Å². The van der Waals surface area contributed by atoms with Crippen molar-refractivity contribution in [1.29, 1.82) is 0 Å². The second kappa shape index (κ2) is 8.59. The minimum atomic E-state index is -0.440. The Morgan fingerprint density at radius 1 is 1.41 bits per heavy atom. The molecule has 4 heteroatoms. The number of carbonyl (C=O) groups is 1. The van der Waals surface area contributed by atoms with Gasteiger partial charge in [0.15, 0.2) is 0 Å². The molecule has 0 radical (unpaired) electrons. The van der Waals surface area contributed by atoms with Crippen LogP contribution in [0.15, 0.2) is 43.0 Å². The highest BCUT2D eigenvalue weighted by Gasteiger charge is 2.29. The molecule has 2 atom stereocenters. The van der Waals surface area contributed by atoms with Crippen molar-refractivity contribution >= 4 is 6.09 Å². The van der Waals surface area contributed by atoms with E-state index < -0.39 is 6.10 Å². The third kappa shape index (κ3) is 4.88. The highest BCUT2D eigenvalue weighted by molar-refractivity contribution is 5.68. The van der Waals surface area contributed by atoms with E-state index in [1.54, 1.807) is 11.0 Å². The number of likely N-dealkylation sites (tertiary alicyclic amines) is 1. The molecule has 0 spiro atoms. The van der Waals surface area contributed by atoms with E-state index in [-0.39, 0.29) is 18.7 Å². The summed E-state index contributed by atoms with van der Waals surface area (Å²) in [4.78, 5) is 14.1. The first-order valence-electron chi connectivity index (χ1n) is 7.97. The number of nitrogens with zero attached hydrogens (tertiary/aromatic N) is 1. The number of amides is 1. The van der Waals surface area contributed by atoms with Gasteiger partial charge in [-0.3, -0.25) is 0 Å². The van der Waals surface area contributed by atoms with Crippen LogP contribution >= 0.6 is 0 Å². The smallest absolute Gasteiger partial charge is 0.410 e. The van der Waals surface area contributed by atoms with E-state index in [0.717, 1.165) is 24.8 Å². The molecule has 1 N–H and O–H groups in total. The van der Waals surface area contributed by atoms with Crippen LogP contribution in [0.1, 0.15) is 37.7 Å². The lowest BCUT2D eigenvalue weighted by atomic mass is 9.96. The molecule has 0 aromatic heterocycles. The fraction of sp³-hybridized carbons (Fsp3) is 0.500. The molecule has 22 heavy (non-hydrogen) atoms. The monoisotopic (exact) mass is 303 g/mol. The molecule has 0 unspecified atom stereocenters. The van der Waals surface area contributed by atoms with Crippen LogP contribution in [-0.4, -0.2) is 34.8 Å². The number of aliphatic hydroxyl groups is 1. The van der Waals surface area contributed by atoms with Crippen molar-refractivity contribution in [1.82, 2.24) is 4.90 Å². The van der Waals surface area contributed by atoms with E-state index in [1.165, 1.54) is 0 Å². The van der Waals surface area contributed by atoms with E-state index in [0.29, 0.717) is 19.4 Å². The molecule has 1 aliphatic heterocycles. The zero-order valence-electron chi connectivity index (χ0n) is 13.0. The van der Waals surface area contributed by atoms with Crippen LogP contribution in [-0.2, 0) is 11.3 Å². The van der Waals surface area contributed by atoms with Crippen LogP contribution in [0.5, 0.6) is 0 Å². The predicted molar refractivity (Wildman–Crippen MR) is 86.4 cm³/mol. The molecule has 0 saturated carbocycles. The number of rotatable bonds is 6. The van der Waals surface area contributed by atoms with E-state index in [2.05, 4.69) is 6.58 Å². The zero-order chi connectivity index (χ0) is 15.8. The molecule has 1 aliphatic rings. The predicted octanol–water partition coefficient (Wildman–Crippen LogP) is 3.50. The van der Waals surface area contributed by atoms with Gasteiger partial charge in [-0.2, -0.15) is 0 Å². The second-order valence-electron chi connectivity index (χ2n) is 5.80. The number of benzene rings is 1. The van der Waals surface area contributed by atoms with Gasteiger partial charge < -0.3 is 14.7 Å². The Morgan fingerprint density at radius 2 is 2.18 bits per heavy atom. The molecule has 1 amide bonds. The average Bonchev–Trinajstić information content (AvgIpc) is 2.54. The number of ether oxygens (including phenoxy) is 1. The summed E-state index contributed by atoms with van der Waals surface area (Å²) >= 11 is 0. The maximum absolute atomic E-state index is 12.3. The third-order valence-electron chi connectivity index (χ3n) is 4.05. The van der Waals surface area contributed by atoms with Crippen molar-refractivity contribution in [3.05, 3.63) is 48.6 Å². The summed E-state index contributed by atoms with van der Waals surface area (Å²) in [5, 5.41) is 9.96. The Kier molecular flexibility index (Phi) is 6.46. The highest BCUT2D eigenvalue weighted by Crippen LogP contribution is 2.23. The molecule has 1 aromatic rings. The fourth-order valence-electron chi connectivity index (χ4n) is 2.89. The normalized spacial score (nSPS) is 19.5. The number of piperidine rings is 1. The van der Waals surface area contributed by atoms with Crippen LogP contribution in [0.3, 0.4) is 0 Å². The molecule has 1 saturated heterocycles. The molecular weight excluding hydrogens is 278 g/mol.